The van der Waals surface area contributed by atoms with Crippen LogP contribution in [-0.4, -0.2) is 25.5 Å². The highest BCUT2D eigenvalue weighted by Gasteiger charge is 2.25. The number of aryl methyl sites for hydroxylation is 1. The van der Waals surface area contributed by atoms with Crippen molar-refractivity contribution >= 4 is 41.5 Å². The van der Waals surface area contributed by atoms with Crippen LogP contribution < -0.4 is 16.0 Å². The van der Waals surface area contributed by atoms with Gasteiger partial charge in [0, 0.05) is 31.7 Å². The zero-order valence-electron chi connectivity index (χ0n) is 18.1. The van der Waals surface area contributed by atoms with Gasteiger partial charge in [0.1, 0.15) is 0 Å². The Bertz CT molecular complexity index is 847. The van der Waals surface area contributed by atoms with Crippen molar-refractivity contribution in [3.05, 3.63) is 65.2 Å². The van der Waals surface area contributed by atoms with Gasteiger partial charge in [-0.1, -0.05) is 55.3 Å². The van der Waals surface area contributed by atoms with Gasteiger partial charge in [-0.2, -0.15) is 0 Å². The van der Waals surface area contributed by atoms with Crippen LogP contribution in [0.4, 0.5) is 5.69 Å². The number of amides is 1. The van der Waals surface area contributed by atoms with Crippen LogP contribution in [0.3, 0.4) is 0 Å². The average Bonchev–Trinajstić information content (AvgIpc) is 2.67. The molecule has 0 bridgehead atoms. The van der Waals surface area contributed by atoms with Crippen LogP contribution in [0.15, 0.2) is 53.5 Å². The monoisotopic (exact) mass is 520 g/mol. The molecule has 30 heavy (non-hydrogen) atoms. The molecule has 6 heteroatoms. The molecule has 1 unspecified atom stereocenters. The predicted molar refractivity (Wildman–Crippen MR) is 136 cm³/mol. The van der Waals surface area contributed by atoms with Crippen molar-refractivity contribution in [3.63, 3.8) is 0 Å². The Hall–Kier alpha value is -2.09. The number of carbonyl (C=O) groups is 1. The van der Waals surface area contributed by atoms with E-state index in [0.717, 1.165) is 43.0 Å². The number of nitrogens with zero attached hydrogens (tertiary/aromatic N) is 1. The fourth-order valence-corrected chi connectivity index (χ4v) is 3.34. The van der Waals surface area contributed by atoms with Crippen LogP contribution in [0.5, 0.6) is 0 Å². The van der Waals surface area contributed by atoms with Gasteiger partial charge in [-0.15, -0.1) is 24.0 Å². The fraction of sp³-hybridized carbons (Fsp3) is 0.417. The number of anilines is 1. The minimum absolute atomic E-state index is 0. The molecule has 0 aromatic heterocycles. The van der Waals surface area contributed by atoms with Crippen molar-refractivity contribution in [2.24, 2.45) is 10.9 Å². The van der Waals surface area contributed by atoms with Gasteiger partial charge in [0.25, 0.3) is 0 Å². The zero-order chi connectivity index (χ0) is 20.6. The van der Waals surface area contributed by atoms with E-state index in [1.54, 1.807) is 7.05 Å². The van der Waals surface area contributed by atoms with E-state index in [0.29, 0.717) is 12.5 Å². The van der Waals surface area contributed by atoms with Crippen LogP contribution in [0.25, 0.3) is 0 Å². The van der Waals surface area contributed by atoms with E-state index in [2.05, 4.69) is 59.1 Å². The highest BCUT2D eigenvalue weighted by atomic mass is 127. The van der Waals surface area contributed by atoms with Crippen molar-refractivity contribution in [3.8, 4) is 0 Å². The second-order valence-electron chi connectivity index (χ2n) is 7.94. The molecule has 3 rings (SSSR count). The summed E-state index contributed by atoms with van der Waals surface area (Å²) in [5.74, 6) is 1.49. The van der Waals surface area contributed by atoms with Gasteiger partial charge in [0.05, 0.1) is 0 Å². The zero-order valence-corrected chi connectivity index (χ0v) is 20.4. The van der Waals surface area contributed by atoms with Gasteiger partial charge in [0.2, 0.25) is 5.91 Å². The quantitative estimate of drug-likeness (QED) is 0.279. The van der Waals surface area contributed by atoms with E-state index in [4.69, 9.17) is 0 Å². The molecule has 1 atom stereocenters. The Balaban J connectivity index is 0.00000320. The SMILES string of the molecule is CN=C(NCc1cccc(NC(=O)C2CCC2)c1)NCC(C)c1ccc(C)cc1.I. The molecule has 1 fully saturated rings. The maximum atomic E-state index is 12.1. The minimum Gasteiger partial charge on any atom is -0.356 e. The second-order valence-corrected chi connectivity index (χ2v) is 7.94. The standard InChI is InChI=1S/C24H32N4O.HI/c1-17-10-12-20(13-11-17)18(2)15-26-24(25-3)27-16-19-6-4-9-22(14-19)28-23(29)21-7-5-8-21;/h4,6,9-14,18,21H,5,7-8,15-16H2,1-3H3,(H,28,29)(H2,25,26,27);1H. The van der Waals surface area contributed by atoms with Gasteiger partial charge in [0.15, 0.2) is 5.96 Å². The number of nitrogens with one attached hydrogen (secondary N) is 3. The van der Waals surface area contributed by atoms with Crippen LogP contribution in [0, 0.1) is 12.8 Å². The van der Waals surface area contributed by atoms with Crippen LogP contribution in [0.2, 0.25) is 0 Å². The minimum atomic E-state index is 0. The summed E-state index contributed by atoms with van der Waals surface area (Å²) in [6.45, 7) is 5.76. The first kappa shape index (κ1) is 24.2. The van der Waals surface area contributed by atoms with Crippen LogP contribution >= 0.6 is 24.0 Å². The first-order chi connectivity index (χ1) is 14.0. The molecule has 1 saturated carbocycles. The number of hydrogen-bond donors (Lipinski definition) is 3. The lowest BCUT2D eigenvalue weighted by Gasteiger charge is -2.24. The highest BCUT2D eigenvalue weighted by molar-refractivity contribution is 14.0. The molecule has 5 nitrogen and oxygen atoms in total. The lowest BCUT2D eigenvalue weighted by atomic mass is 9.85. The summed E-state index contributed by atoms with van der Waals surface area (Å²) in [6, 6.07) is 16.6. The number of guanidine groups is 1. The lowest BCUT2D eigenvalue weighted by molar-refractivity contribution is -0.122. The summed E-state index contributed by atoms with van der Waals surface area (Å²) < 4.78 is 0. The van der Waals surface area contributed by atoms with E-state index in [-0.39, 0.29) is 35.8 Å². The fourth-order valence-electron chi connectivity index (χ4n) is 3.34. The van der Waals surface area contributed by atoms with Gasteiger partial charge in [-0.3, -0.25) is 9.79 Å². The van der Waals surface area contributed by atoms with Crippen LogP contribution in [0.1, 0.15) is 48.8 Å². The third-order valence-electron chi connectivity index (χ3n) is 5.58. The highest BCUT2D eigenvalue weighted by Crippen LogP contribution is 2.27. The molecular weight excluding hydrogens is 487 g/mol. The van der Waals surface area contributed by atoms with Crippen molar-refractivity contribution < 1.29 is 4.79 Å². The maximum absolute atomic E-state index is 12.1. The molecular formula is C24H33IN4O. The molecule has 2 aromatic rings. The molecule has 0 spiro atoms. The number of aliphatic imine (C=N–C) groups is 1. The lowest BCUT2D eigenvalue weighted by Crippen LogP contribution is -2.38. The largest absolute Gasteiger partial charge is 0.356 e. The molecule has 162 valence electrons. The predicted octanol–water partition coefficient (Wildman–Crippen LogP) is 4.82. The van der Waals surface area contributed by atoms with Gasteiger partial charge >= 0.3 is 0 Å². The summed E-state index contributed by atoms with van der Waals surface area (Å²) in [5, 5.41) is 9.79. The summed E-state index contributed by atoms with van der Waals surface area (Å²) in [6.07, 6.45) is 3.18. The third kappa shape index (κ3) is 7.00. The summed E-state index contributed by atoms with van der Waals surface area (Å²) >= 11 is 0. The Morgan fingerprint density at radius 2 is 1.87 bits per heavy atom. The van der Waals surface area contributed by atoms with E-state index < -0.39 is 0 Å². The third-order valence-corrected chi connectivity index (χ3v) is 5.58. The number of halogens is 1. The molecule has 0 heterocycles. The number of rotatable bonds is 7. The second kappa shape index (κ2) is 11.9. The van der Waals surface area contributed by atoms with E-state index in [1.165, 1.54) is 11.1 Å². The average molecular weight is 520 g/mol. The molecule has 0 saturated heterocycles. The molecule has 3 N–H and O–H groups in total. The van der Waals surface area contributed by atoms with Gasteiger partial charge in [-0.25, -0.2) is 0 Å². The van der Waals surface area contributed by atoms with Gasteiger partial charge < -0.3 is 16.0 Å². The molecule has 1 aliphatic rings. The summed E-state index contributed by atoms with van der Waals surface area (Å²) in [4.78, 5) is 16.5. The molecule has 0 aliphatic heterocycles. The Morgan fingerprint density at radius 3 is 2.50 bits per heavy atom. The van der Waals surface area contributed by atoms with Gasteiger partial charge in [-0.05, 0) is 48.9 Å². The smallest absolute Gasteiger partial charge is 0.227 e. The number of benzene rings is 2. The molecule has 2 aromatic carbocycles. The van der Waals surface area contributed by atoms with E-state index >= 15 is 0 Å². The Labute approximate surface area is 197 Å². The number of hydrogen-bond acceptors (Lipinski definition) is 2. The maximum Gasteiger partial charge on any atom is 0.227 e. The van der Waals surface area contributed by atoms with E-state index in [9.17, 15) is 4.79 Å². The topological polar surface area (TPSA) is 65.5 Å². The Kier molecular flexibility index (Phi) is 9.62. The molecule has 1 amide bonds. The van der Waals surface area contributed by atoms with E-state index in [1.807, 2.05) is 24.3 Å². The first-order valence-corrected chi connectivity index (χ1v) is 10.5. The van der Waals surface area contributed by atoms with Crippen molar-refractivity contribution in [1.29, 1.82) is 0 Å². The van der Waals surface area contributed by atoms with Crippen molar-refractivity contribution in [1.82, 2.24) is 10.6 Å². The van der Waals surface area contributed by atoms with Crippen molar-refractivity contribution in [2.75, 3.05) is 18.9 Å². The Morgan fingerprint density at radius 1 is 1.13 bits per heavy atom. The molecule has 0 radical (unpaired) electrons. The first-order valence-electron chi connectivity index (χ1n) is 10.5. The molecule has 1 aliphatic carbocycles. The summed E-state index contributed by atoms with van der Waals surface area (Å²) in [5.41, 5.74) is 4.55. The number of carbonyl (C=O) groups excluding carboxylic acids is 1. The normalized spacial score (nSPS) is 14.8. The summed E-state index contributed by atoms with van der Waals surface area (Å²) in [7, 11) is 1.78. The van der Waals surface area contributed by atoms with Crippen LogP contribution in [-0.2, 0) is 11.3 Å². The van der Waals surface area contributed by atoms with Crippen molar-refractivity contribution in [2.45, 2.75) is 45.6 Å².